The van der Waals surface area contributed by atoms with Gasteiger partial charge in [-0.25, -0.2) is 4.79 Å². The van der Waals surface area contributed by atoms with E-state index in [9.17, 15) is 4.79 Å². The number of nitrogens with one attached hydrogen (secondary N) is 1. The quantitative estimate of drug-likeness (QED) is 0.656. The maximum Gasteiger partial charge on any atom is 0.317 e. The summed E-state index contributed by atoms with van der Waals surface area (Å²) >= 11 is 0. The molecule has 1 N–H and O–H groups in total. The number of carbonyl (C=O) groups is 1. The summed E-state index contributed by atoms with van der Waals surface area (Å²) in [5.41, 5.74) is 0. The van der Waals surface area contributed by atoms with Crippen molar-refractivity contribution in [1.82, 2.24) is 10.2 Å². The third kappa shape index (κ3) is 1.52. The average molecular weight is 182 g/mol. The van der Waals surface area contributed by atoms with E-state index in [1.165, 1.54) is 25.7 Å². The van der Waals surface area contributed by atoms with Crippen LogP contribution in [0.2, 0.25) is 0 Å². The molecule has 0 aromatic rings. The molecule has 2 fully saturated rings. The van der Waals surface area contributed by atoms with E-state index in [1.54, 1.807) is 0 Å². The highest BCUT2D eigenvalue weighted by molar-refractivity contribution is 5.75. The standard InChI is InChI=1S/C10H18N2O/c1-2-11-10(13)12-7-8-5-3-4-6-9(8)12/h8-9H,2-7H2,1H3,(H,11,13). The minimum absolute atomic E-state index is 0.144. The van der Waals surface area contributed by atoms with Crippen LogP contribution in [-0.4, -0.2) is 30.1 Å². The van der Waals surface area contributed by atoms with Gasteiger partial charge in [0.15, 0.2) is 0 Å². The molecular weight excluding hydrogens is 164 g/mol. The smallest absolute Gasteiger partial charge is 0.317 e. The molecule has 2 atom stereocenters. The van der Waals surface area contributed by atoms with E-state index < -0.39 is 0 Å². The number of amides is 2. The maximum atomic E-state index is 11.5. The van der Waals surface area contributed by atoms with E-state index in [-0.39, 0.29) is 6.03 Å². The van der Waals surface area contributed by atoms with Crippen LogP contribution < -0.4 is 5.32 Å². The number of fused-ring (bicyclic) bond motifs is 1. The van der Waals surface area contributed by atoms with Crippen LogP contribution >= 0.6 is 0 Å². The number of urea groups is 1. The SMILES string of the molecule is CCNC(=O)N1CC2CCCCC21. The van der Waals surface area contributed by atoms with Gasteiger partial charge in [-0.1, -0.05) is 12.8 Å². The number of rotatable bonds is 1. The van der Waals surface area contributed by atoms with Gasteiger partial charge in [-0.2, -0.15) is 0 Å². The Bertz CT molecular complexity index is 205. The molecule has 0 bridgehead atoms. The zero-order chi connectivity index (χ0) is 9.26. The molecule has 13 heavy (non-hydrogen) atoms. The van der Waals surface area contributed by atoms with Gasteiger partial charge in [0.2, 0.25) is 0 Å². The lowest BCUT2D eigenvalue weighted by Gasteiger charge is -2.50. The summed E-state index contributed by atoms with van der Waals surface area (Å²) in [6, 6.07) is 0.714. The van der Waals surface area contributed by atoms with Crippen molar-refractivity contribution in [3.63, 3.8) is 0 Å². The summed E-state index contributed by atoms with van der Waals surface area (Å²) in [5.74, 6) is 0.816. The van der Waals surface area contributed by atoms with Crippen LogP contribution in [-0.2, 0) is 0 Å². The van der Waals surface area contributed by atoms with Crippen LogP contribution in [0.4, 0.5) is 4.79 Å². The first-order valence-corrected chi connectivity index (χ1v) is 5.37. The van der Waals surface area contributed by atoms with Crippen LogP contribution in [0.3, 0.4) is 0 Å². The van der Waals surface area contributed by atoms with Crippen molar-refractivity contribution >= 4 is 6.03 Å². The van der Waals surface area contributed by atoms with Crippen molar-refractivity contribution in [2.24, 2.45) is 5.92 Å². The summed E-state index contributed by atoms with van der Waals surface area (Å²) in [5, 5.41) is 2.87. The molecule has 1 aliphatic carbocycles. The van der Waals surface area contributed by atoms with Crippen LogP contribution in [0.1, 0.15) is 32.6 Å². The van der Waals surface area contributed by atoms with Gasteiger partial charge < -0.3 is 10.2 Å². The normalized spacial score (nSPS) is 31.9. The summed E-state index contributed by atoms with van der Waals surface area (Å²) < 4.78 is 0. The largest absolute Gasteiger partial charge is 0.338 e. The topological polar surface area (TPSA) is 32.3 Å². The summed E-state index contributed by atoms with van der Waals surface area (Å²) in [6.07, 6.45) is 5.23. The highest BCUT2D eigenvalue weighted by Crippen LogP contribution is 2.36. The van der Waals surface area contributed by atoms with Gasteiger partial charge in [0.05, 0.1) is 0 Å². The zero-order valence-electron chi connectivity index (χ0n) is 8.25. The minimum Gasteiger partial charge on any atom is -0.338 e. The van der Waals surface area contributed by atoms with Gasteiger partial charge >= 0.3 is 6.03 Å². The lowest BCUT2D eigenvalue weighted by molar-refractivity contribution is 0.0201. The molecule has 74 valence electrons. The monoisotopic (exact) mass is 182 g/mol. The van der Waals surface area contributed by atoms with Crippen molar-refractivity contribution in [2.45, 2.75) is 38.6 Å². The van der Waals surface area contributed by atoms with Crippen molar-refractivity contribution in [1.29, 1.82) is 0 Å². The molecule has 3 nitrogen and oxygen atoms in total. The van der Waals surface area contributed by atoms with Gasteiger partial charge in [-0.05, 0) is 25.7 Å². The second-order valence-corrected chi connectivity index (χ2v) is 4.10. The van der Waals surface area contributed by atoms with E-state index in [4.69, 9.17) is 0 Å². The lowest BCUT2D eigenvalue weighted by atomic mass is 9.77. The van der Waals surface area contributed by atoms with Gasteiger partial charge in [-0.15, -0.1) is 0 Å². The third-order valence-corrected chi connectivity index (χ3v) is 3.29. The molecule has 0 spiro atoms. The van der Waals surface area contributed by atoms with E-state index >= 15 is 0 Å². The number of carbonyl (C=O) groups excluding carboxylic acids is 1. The fraction of sp³-hybridized carbons (Fsp3) is 0.900. The first-order chi connectivity index (χ1) is 6.33. The summed E-state index contributed by atoms with van der Waals surface area (Å²) in [7, 11) is 0. The molecule has 2 unspecified atom stereocenters. The Labute approximate surface area is 79.5 Å². The summed E-state index contributed by atoms with van der Waals surface area (Å²) in [6.45, 7) is 3.71. The van der Waals surface area contributed by atoms with Crippen molar-refractivity contribution in [3.05, 3.63) is 0 Å². The Morgan fingerprint density at radius 1 is 1.46 bits per heavy atom. The number of hydrogen-bond acceptors (Lipinski definition) is 1. The number of likely N-dealkylation sites (tertiary alicyclic amines) is 1. The predicted molar refractivity (Wildman–Crippen MR) is 51.5 cm³/mol. The minimum atomic E-state index is 0.144. The Morgan fingerprint density at radius 2 is 2.23 bits per heavy atom. The highest BCUT2D eigenvalue weighted by Gasteiger charge is 2.42. The Kier molecular flexibility index (Phi) is 2.42. The fourth-order valence-corrected chi connectivity index (χ4v) is 2.55. The van der Waals surface area contributed by atoms with Crippen LogP contribution in [0.5, 0.6) is 0 Å². The van der Waals surface area contributed by atoms with Gasteiger partial charge in [0.25, 0.3) is 0 Å². The van der Waals surface area contributed by atoms with E-state index in [1.807, 2.05) is 11.8 Å². The molecule has 1 saturated heterocycles. The van der Waals surface area contributed by atoms with Gasteiger partial charge in [0, 0.05) is 19.1 Å². The molecule has 3 heteroatoms. The molecule has 2 aliphatic rings. The van der Waals surface area contributed by atoms with Gasteiger partial charge in [-0.3, -0.25) is 0 Å². The molecule has 1 saturated carbocycles. The average Bonchev–Trinajstić information content (AvgIpc) is 2.07. The first-order valence-electron chi connectivity index (χ1n) is 5.37. The van der Waals surface area contributed by atoms with Crippen molar-refractivity contribution in [3.8, 4) is 0 Å². The molecule has 1 heterocycles. The van der Waals surface area contributed by atoms with Crippen LogP contribution in [0, 0.1) is 5.92 Å². The number of hydrogen-bond donors (Lipinski definition) is 1. The van der Waals surface area contributed by atoms with Gasteiger partial charge in [0.1, 0.15) is 0 Å². The maximum absolute atomic E-state index is 11.5. The molecule has 0 radical (unpaired) electrons. The summed E-state index contributed by atoms with van der Waals surface area (Å²) in [4.78, 5) is 13.5. The van der Waals surface area contributed by atoms with E-state index in [0.717, 1.165) is 19.0 Å². The second-order valence-electron chi connectivity index (χ2n) is 4.10. The molecule has 0 aromatic carbocycles. The Hall–Kier alpha value is -0.730. The predicted octanol–water partition coefficient (Wildman–Crippen LogP) is 1.59. The van der Waals surface area contributed by atoms with Crippen LogP contribution in [0.25, 0.3) is 0 Å². The van der Waals surface area contributed by atoms with Crippen LogP contribution in [0.15, 0.2) is 0 Å². The molecule has 2 rings (SSSR count). The number of nitrogens with zero attached hydrogens (tertiary/aromatic N) is 1. The molecule has 0 aromatic heterocycles. The Morgan fingerprint density at radius 3 is 2.92 bits per heavy atom. The fourth-order valence-electron chi connectivity index (χ4n) is 2.55. The third-order valence-electron chi connectivity index (χ3n) is 3.29. The van der Waals surface area contributed by atoms with Crippen molar-refractivity contribution in [2.75, 3.05) is 13.1 Å². The first kappa shape index (κ1) is 8.85. The van der Waals surface area contributed by atoms with Crippen molar-refractivity contribution < 1.29 is 4.79 Å². The zero-order valence-corrected chi connectivity index (χ0v) is 8.25. The second kappa shape index (κ2) is 3.56. The van der Waals surface area contributed by atoms with E-state index in [2.05, 4.69) is 5.32 Å². The molecule has 1 aliphatic heterocycles. The molecule has 2 amide bonds. The Balaban J connectivity index is 1.86. The van der Waals surface area contributed by atoms with E-state index in [0.29, 0.717) is 6.04 Å². The molecular formula is C10H18N2O. The highest BCUT2D eigenvalue weighted by atomic mass is 16.2. The lowest BCUT2D eigenvalue weighted by Crippen LogP contribution is -2.62.